The zero-order valence-electron chi connectivity index (χ0n) is 13.2. The molecule has 2 aromatic carbocycles. The van der Waals surface area contributed by atoms with Crippen molar-refractivity contribution in [1.29, 1.82) is 0 Å². The van der Waals surface area contributed by atoms with E-state index in [1.54, 1.807) is 23.9 Å². The van der Waals surface area contributed by atoms with E-state index in [1.807, 2.05) is 18.2 Å². The number of amides is 1. The fourth-order valence-corrected chi connectivity index (χ4v) is 3.51. The average Bonchev–Trinajstić information content (AvgIpc) is 3.10. The summed E-state index contributed by atoms with van der Waals surface area (Å²) in [5.41, 5.74) is 7.03. The first-order valence-electron chi connectivity index (χ1n) is 7.93. The summed E-state index contributed by atoms with van der Waals surface area (Å²) in [7, 11) is 0. The first-order valence-corrected chi connectivity index (χ1v) is 8.92. The van der Waals surface area contributed by atoms with Gasteiger partial charge in [-0.15, -0.1) is 11.8 Å². The lowest BCUT2D eigenvalue weighted by Gasteiger charge is -2.18. The van der Waals surface area contributed by atoms with Crippen molar-refractivity contribution < 1.29 is 9.18 Å². The van der Waals surface area contributed by atoms with Gasteiger partial charge in [0.25, 0.3) is 0 Å². The minimum Gasteiger partial charge on any atom is -0.355 e. The van der Waals surface area contributed by atoms with Gasteiger partial charge in [-0.25, -0.2) is 9.82 Å². The maximum absolute atomic E-state index is 13.1. The van der Waals surface area contributed by atoms with Gasteiger partial charge in [-0.2, -0.15) is 0 Å². The molecule has 2 aromatic rings. The van der Waals surface area contributed by atoms with Crippen molar-refractivity contribution in [2.75, 3.05) is 18.8 Å². The molecule has 2 unspecified atom stereocenters. The fourth-order valence-electron chi connectivity index (χ4n) is 2.72. The minimum atomic E-state index is -0.274. The molecule has 6 heteroatoms. The summed E-state index contributed by atoms with van der Waals surface area (Å²) in [5.74, 6) is 0.348. The van der Waals surface area contributed by atoms with Crippen LogP contribution in [0.2, 0.25) is 0 Å². The molecule has 0 saturated carbocycles. The van der Waals surface area contributed by atoms with Gasteiger partial charge >= 0.3 is 0 Å². The maximum Gasteiger partial charge on any atom is 0.226 e. The highest BCUT2D eigenvalue weighted by molar-refractivity contribution is 7.99. The van der Waals surface area contributed by atoms with Gasteiger partial charge in [-0.1, -0.05) is 30.3 Å². The third-order valence-corrected chi connectivity index (χ3v) is 4.97. The minimum absolute atomic E-state index is 0.00971. The first kappa shape index (κ1) is 17.0. The van der Waals surface area contributed by atoms with Crippen LogP contribution in [0.1, 0.15) is 11.6 Å². The van der Waals surface area contributed by atoms with Crippen LogP contribution < -0.4 is 16.2 Å². The van der Waals surface area contributed by atoms with E-state index < -0.39 is 0 Å². The molecule has 1 aliphatic rings. The molecular formula is C18H20FN3OS. The lowest BCUT2D eigenvalue weighted by molar-refractivity contribution is -0.124. The second-order valence-electron chi connectivity index (χ2n) is 5.61. The monoisotopic (exact) mass is 345 g/mol. The summed E-state index contributed by atoms with van der Waals surface area (Å²) in [4.78, 5) is 13.6. The van der Waals surface area contributed by atoms with Crippen LogP contribution in [-0.4, -0.2) is 24.7 Å². The molecule has 0 spiro atoms. The van der Waals surface area contributed by atoms with E-state index >= 15 is 0 Å². The Kier molecular flexibility index (Phi) is 5.85. The van der Waals surface area contributed by atoms with Gasteiger partial charge in [-0.05, 0) is 29.8 Å². The van der Waals surface area contributed by atoms with Crippen LogP contribution in [0.3, 0.4) is 0 Å². The molecule has 1 saturated heterocycles. The Morgan fingerprint density at radius 2 is 1.92 bits per heavy atom. The van der Waals surface area contributed by atoms with Crippen LogP contribution in [0.15, 0.2) is 59.5 Å². The Balaban J connectivity index is 1.49. The summed E-state index contributed by atoms with van der Waals surface area (Å²) in [6, 6.07) is 16.2. The van der Waals surface area contributed by atoms with Crippen molar-refractivity contribution in [2.45, 2.75) is 10.9 Å². The van der Waals surface area contributed by atoms with Crippen molar-refractivity contribution in [3.05, 3.63) is 66.0 Å². The second kappa shape index (κ2) is 8.28. The van der Waals surface area contributed by atoms with E-state index in [1.165, 1.54) is 17.0 Å². The Hall–Kier alpha value is -1.89. The highest BCUT2D eigenvalue weighted by Gasteiger charge is 2.33. The molecule has 24 heavy (non-hydrogen) atoms. The summed E-state index contributed by atoms with van der Waals surface area (Å²) in [6.07, 6.45) is 0. The maximum atomic E-state index is 13.1. The van der Waals surface area contributed by atoms with Crippen molar-refractivity contribution in [2.24, 2.45) is 5.92 Å². The number of rotatable bonds is 6. The van der Waals surface area contributed by atoms with Crippen LogP contribution in [0.4, 0.5) is 4.39 Å². The van der Waals surface area contributed by atoms with Crippen LogP contribution in [0.25, 0.3) is 0 Å². The number of nitrogens with one attached hydrogen (secondary N) is 3. The third kappa shape index (κ3) is 4.35. The van der Waals surface area contributed by atoms with Gasteiger partial charge < -0.3 is 5.32 Å². The number of carbonyl (C=O) groups is 1. The van der Waals surface area contributed by atoms with E-state index in [2.05, 4.69) is 28.3 Å². The van der Waals surface area contributed by atoms with Crippen LogP contribution in [-0.2, 0) is 4.79 Å². The molecule has 4 nitrogen and oxygen atoms in total. The SMILES string of the molecule is O=C(NCCSc1ccccc1)C1CNNC1c1ccc(F)cc1. The molecule has 126 valence electrons. The van der Waals surface area contributed by atoms with Gasteiger partial charge in [-0.3, -0.25) is 10.2 Å². The van der Waals surface area contributed by atoms with Crippen LogP contribution in [0.5, 0.6) is 0 Å². The predicted molar refractivity (Wildman–Crippen MR) is 93.9 cm³/mol. The molecule has 0 aliphatic carbocycles. The molecule has 1 aliphatic heterocycles. The standard InChI is InChI=1S/C18H20FN3OS/c19-14-8-6-13(7-9-14)17-16(12-21-22-17)18(23)20-10-11-24-15-4-2-1-3-5-15/h1-9,16-17,21-22H,10-12H2,(H,20,23). The quantitative estimate of drug-likeness (QED) is 0.556. The summed E-state index contributed by atoms with van der Waals surface area (Å²) in [6.45, 7) is 1.17. The lowest BCUT2D eigenvalue weighted by atomic mass is 9.94. The van der Waals surface area contributed by atoms with E-state index in [4.69, 9.17) is 0 Å². The van der Waals surface area contributed by atoms with Crippen molar-refractivity contribution >= 4 is 17.7 Å². The number of thioether (sulfide) groups is 1. The Labute approximate surface area is 145 Å². The Morgan fingerprint density at radius 3 is 2.67 bits per heavy atom. The number of halogens is 1. The number of hydrogen-bond donors (Lipinski definition) is 3. The van der Waals surface area contributed by atoms with Crippen LogP contribution in [0, 0.1) is 11.7 Å². The summed E-state index contributed by atoms with van der Waals surface area (Å²) < 4.78 is 13.1. The molecule has 0 radical (unpaired) electrons. The van der Waals surface area contributed by atoms with Gasteiger partial charge in [0.1, 0.15) is 5.82 Å². The van der Waals surface area contributed by atoms with Gasteiger partial charge in [0.15, 0.2) is 0 Å². The van der Waals surface area contributed by atoms with Crippen molar-refractivity contribution in [3.63, 3.8) is 0 Å². The van der Waals surface area contributed by atoms with E-state index in [9.17, 15) is 9.18 Å². The molecule has 3 rings (SSSR count). The highest BCUT2D eigenvalue weighted by atomic mass is 32.2. The zero-order valence-corrected chi connectivity index (χ0v) is 14.0. The molecule has 1 heterocycles. The van der Waals surface area contributed by atoms with E-state index in [0.717, 1.165) is 11.3 Å². The molecule has 0 aromatic heterocycles. The molecule has 2 atom stereocenters. The number of carbonyl (C=O) groups excluding carboxylic acids is 1. The number of hydrogen-bond acceptors (Lipinski definition) is 4. The van der Waals surface area contributed by atoms with Gasteiger partial charge in [0.2, 0.25) is 5.91 Å². The van der Waals surface area contributed by atoms with E-state index in [-0.39, 0.29) is 23.7 Å². The Bertz CT molecular complexity index is 666. The Morgan fingerprint density at radius 1 is 1.17 bits per heavy atom. The first-order chi connectivity index (χ1) is 11.7. The molecule has 0 bridgehead atoms. The molecule has 1 fully saturated rings. The number of hydrazine groups is 1. The highest BCUT2D eigenvalue weighted by Crippen LogP contribution is 2.25. The normalized spacial score (nSPS) is 20.0. The molecule has 3 N–H and O–H groups in total. The predicted octanol–water partition coefficient (Wildman–Crippen LogP) is 2.50. The van der Waals surface area contributed by atoms with Gasteiger partial charge in [0, 0.05) is 23.7 Å². The summed E-state index contributed by atoms with van der Waals surface area (Å²) >= 11 is 1.72. The van der Waals surface area contributed by atoms with Gasteiger partial charge in [0.05, 0.1) is 12.0 Å². The zero-order chi connectivity index (χ0) is 16.8. The second-order valence-corrected chi connectivity index (χ2v) is 6.78. The van der Waals surface area contributed by atoms with Crippen LogP contribution >= 0.6 is 11.8 Å². The van der Waals surface area contributed by atoms with Crippen molar-refractivity contribution in [1.82, 2.24) is 16.2 Å². The molecular weight excluding hydrogens is 325 g/mol. The summed E-state index contributed by atoms with van der Waals surface area (Å²) in [5, 5.41) is 2.99. The number of benzene rings is 2. The average molecular weight is 345 g/mol. The molecule has 1 amide bonds. The largest absolute Gasteiger partial charge is 0.355 e. The lowest BCUT2D eigenvalue weighted by Crippen LogP contribution is -2.36. The third-order valence-electron chi connectivity index (χ3n) is 3.96. The fraction of sp³-hybridized carbons (Fsp3) is 0.278. The smallest absolute Gasteiger partial charge is 0.226 e. The van der Waals surface area contributed by atoms with E-state index in [0.29, 0.717) is 13.1 Å². The van der Waals surface area contributed by atoms with Crippen molar-refractivity contribution in [3.8, 4) is 0 Å². The topological polar surface area (TPSA) is 53.2 Å².